The van der Waals surface area contributed by atoms with Crippen molar-refractivity contribution in [2.24, 2.45) is 5.92 Å². The first-order valence-electron chi connectivity index (χ1n) is 4.14. The van der Waals surface area contributed by atoms with Gasteiger partial charge < -0.3 is 0 Å². The quantitative estimate of drug-likeness (QED) is 0.592. The summed E-state index contributed by atoms with van der Waals surface area (Å²) in [5.74, 6) is 0.794. The number of nitrogens with zero attached hydrogens (tertiary/aromatic N) is 1. The summed E-state index contributed by atoms with van der Waals surface area (Å²) in [5, 5.41) is 2.34. The van der Waals surface area contributed by atoms with Crippen LogP contribution in [0.3, 0.4) is 0 Å². The van der Waals surface area contributed by atoms with Gasteiger partial charge in [-0.15, -0.1) is 0 Å². The highest BCUT2D eigenvalue weighted by Gasteiger charge is 2.28. The molecule has 0 aromatic rings. The maximum Gasteiger partial charge on any atom is 0.0256 e. The average Bonchev–Trinajstić information content (AvgIpc) is 2.14. The summed E-state index contributed by atoms with van der Waals surface area (Å²) >= 11 is 0. The molecule has 1 fully saturated rings. The number of nitrogens with one attached hydrogen (secondary N) is 1. The van der Waals surface area contributed by atoms with Crippen LogP contribution in [0.1, 0.15) is 27.7 Å². The van der Waals surface area contributed by atoms with E-state index < -0.39 is 0 Å². The molecule has 10 heavy (non-hydrogen) atoms. The lowest BCUT2D eigenvalue weighted by atomic mass is 10.1. The molecule has 0 spiro atoms. The van der Waals surface area contributed by atoms with Crippen molar-refractivity contribution in [3.63, 3.8) is 0 Å². The second-order valence-corrected chi connectivity index (χ2v) is 3.58. The topological polar surface area (TPSA) is 15.3 Å². The smallest absolute Gasteiger partial charge is 0.0256 e. The van der Waals surface area contributed by atoms with Crippen molar-refractivity contribution < 1.29 is 0 Å². The molecule has 0 bridgehead atoms. The van der Waals surface area contributed by atoms with Crippen molar-refractivity contribution in [1.82, 2.24) is 10.4 Å². The van der Waals surface area contributed by atoms with Crippen molar-refractivity contribution >= 4 is 0 Å². The van der Waals surface area contributed by atoms with Crippen LogP contribution in [0.4, 0.5) is 0 Å². The normalized spacial score (nSPS) is 35.7. The number of rotatable bonds is 1. The van der Waals surface area contributed by atoms with Crippen molar-refractivity contribution in [3.8, 4) is 0 Å². The zero-order valence-electron chi connectivity index (χ0n) is 7.39. The van der Waals surface area contributed by atoms with Crippen LogP contribution in [0.2, 0.25) is 0 Å². The van der Waals surface area contributed by atoms with Crippen molar-refractivity contribution in [1.29, 1.82) is 0 Å². The Morgan fingerprint density at radius 3 is 2.20 bits per heavy atom. The third-order valence-corrected chi connectivity index (χ3v) is 2.41. The van der Waals surface area contributed by atoms with E-state index in [1.54, 1.807) is 0 Å². The second kappa shape index (κ2) is 2.89. The Morgan fingerprint density at radius 2 is 2.00 bits per heavy atom. The molecule has 1 aliphatic heterocycles. The largest absolute Gasteiger partial charge is 0.254 e. The van der Waals surface area contributed by atoms with Crippen molar-refractivity contribution in [2.75, 3.05) is 6.54 Å². The standard InChI is InChI=1S/C8H18N2/c1-6(2)10-8(4)7(3)5-9-10/h6-9H,5H2,1-4H3. The summed E-state index contributed by atoms with van der Waals surface area (Å²) in [6.07, 6.45) is 0. The molecule has 60 valence electrons. The molecule has 1 aliphatic rings. The Kier molecular flexibility index (Phi) is 2.32. The highest BCUT2D eigenvalue weighted by Crippen LogP contribution is 2.16. The van der Waals surface area contributed by atoms with Crippen LogP contribution in [0, 0.1) is 5.92 Å². The van der Waals surface area contributed by atoms with Crippen molar-refractivity contribution in [2.45, 2.75) is 39.8 Å². The summed E-state index contributed by atoms with van der Waals surface area (Å²) in [5.41, 5.74) is 3.39. The van der Waals surface area contributed by atoms with Crippen LogP contribution in [0.15, 0.2) is 0 Å². The molecule has 0 aromatic heterocycles. The van der Waals surface area contributed by atoms with Crippen LogP contribution in [0.25, 0.3) is 0 Å². The maximum atomic E-state index is 3.39. The molecule has 1 N–H and O–H groups in total. The fraction of sp³-hybridized carbons (Fsp3) is 1.00. The van der Waals surface area contributed by atoms with Gasteiger partial charge in [0.1, 0.15) is 0 Å². The maximum absolute atomic E-state index is 3.39. The van der Waals surface area contributed by atoms with Gasteiger partial charge in [0, 0.05) is 18.6 Å². The highest BCUT2D eigenvalue weighted by molar-refractivity contribution is 4.80. The number of hydrogen-bond acceptors (Lipinski definition) is 2. The van der Waals surface area contributed by atoms with Crippen LogP contribution in [-0.2, 0) is 0 Å². The molecule has 1 saturated heterocycles. The third-order valence-electron chi connectivity index (χ3n) is 2.41. The SMILES string of the molecule is CC1CNN(C(C)C)C1C. The van der Waals surface area contributed by atoms with Gasteiger partial charge in [0.05, 0.1) is 0 Å². The molecule has 2 atom stereocenters. The first-order chi connectivity index (χ1) is 4.63. The Balaban J connectivity index is 2.49. The number of hydrazine groups is 1. The monoisotopic (exact) mass is 142 g/mol. The van der Waals surface area contributed by atoms with Crippen LogP contribution >= 0.6 is 0 Å². The summed E-state index contributed by atoms with van der Waals surface area (Å²) in [6, 6.07) is 1.32. The minimum absolute atomic E-state index is 0.625. The van der Waals surface area contributed by atoms with Gasteiger partial charge in [0.15, 0.2) is 0 Å². The van der Waals surface area contributed by atoms with Gasteiger partial charge in [-0.2, -0.15) is 0 Å². The summed E-state index contributed by atoms with van der Waals surface area (Å²) < 4.78 is 0. The van der Waals surface area contributed by atoms with Crippen LogP contribution < -0.4 is 5.43 Å². The molecular weight excluding hydrogens is 124 g/mol. The lowest BCUT2D eigenvalue weighted by Gasteiger charge is -2.26. The van der Waals surface area contributed by atoms with Gasteiger partial charge in [-0.05, 0) is 26.7 Å². The van der Waals surface area contributed by atoms with Gasteiger partial charge in [-0.3, -0.25) is 5.43 Å². The van der Waals surface area contributed by atoms with Gasteiger partial charge in [0.2, 0.25) is 0 Å². The molecular formula is C8H18N2. The van der Waals surface area contributed by atoms with Crippen LogP contribution in [0.5, 0.6) is 0 Å². The van der Waals surface area contributed by atoms with E-state index in [9.17, 15) is 0 Å². The molecule has 2 heteroatoms. The summed E-state index contributed by atoms with van der Waals surface area (Å²) in [6.45, 7) is 10.2. The number of hydrogen-bond donors (Lipinski definition) is 1. The molecule has 1 rings (SSSR count). The predicted octanol–water partition coefficient (Wildman–Crippen LogP) is 1.24. The van der Waals surface area contributed by atoms with Crippen LogP contribution in [-0.4, -0.2) is 23.6 Å². The van der Waals surface area contributed by atoms with Gasteiger partial charge in [0.25, 0.3) is 0 Å². The van der Waals surface area contributed by atoms with E-state index >= 15 is 0 Å². The molecule has 2 unspecified atom stereocenters. The summed E-state index contributed by atoms with van der Waals surface area (Å²) in [7, 11) is 0. The van der Waals surface area contributed by atoms with Gasteiger partial charge in [-0.25, -0.2) is 5.01 Å². The second-order valence-electron chi connectivity index (χ2n) is 3.58. The predicted molar refractivity (Wildman–Crippen MR) is 43.6 cm³/mol. The van der Waals surface area contributed by atoms with Crippen molar-refractivity contribution in [3.05, 3.63) is 0 Å². The Bertz CT molecular complexity index is 112. The Morgan fingerprint density at radius 1 is 1.40 bits per heavy atom. The fourth-order valence-corrected chi connectivity index (χ4v) is 1.49. The van der Waals surface area contributed by atoms with E-state index in [0.29, 0.717) is 12.1 Å². The first-order valence-corrected chi connectivity index (χ1v) is 4.14. The van der Waals surface area contributed by atoms with E-state index in [1.165, 1.54) is 0 Å². The zero-order valence-corrected chi connectivity index (χ0v) is 7.39. The van der Waals surface area contributed by atoms with E-state index in [0.717, 1.165) is 12.5 Å². The molecule has 0 radical (unpaired) electrons. The minimum atomic E-state index is 0.625. The molecule has 1 heterocycles. The lowest BCUT2D eigenvalue weighted by Crippen LogP contribution is -2.41. The summed E-state index contributed by atoms with van der Waals surface area (Å²) in [4.78, 5) is 0. The molecule has 0 amide bonds. The third kappa shape index (κ3) is 1.32. The minimum Gasteiger partial charge on any atom is -0.254 e. The molecule has 0 aliphatic carbocycles. The Hall–Kier alpha value is -0.0800. The van der Waals surface area contributed by atoms with Gasteiger partial charge >= 0.3 is 0 Å². The van der Waals surface area contributed by atoms with E-state index in [2.05, 4.69) is 38.1 Å². The Labute approximate surface area is 63.6 Å². The molecule has 2 nitrogen and oxygen atoms in total. The zero-order chi connectivity index (χ0) is 7.72. The van der Waals surface area contributed by atoms with E-state index in [4.69, 9.17) is 0 Å². The highest BCUT2D eigenvalue weighted by atomic mass is 15.6. The van der Waals surface area contributed by atoms with Gasteiger partial charge in [-0.1, -0.05) is 6.92 Å². The fourth-order valence-electron chi connectivity index (χ4n) is 1.49. The average molecular weight is 142 g/mol. The van der Waals surface area contributed by atoms with E-state index in [1.807, 2.05) is 0 Å². The first kappa shape index (κ1) is 8.02. The van der Waals surface area contributed by atoms with E-state index in [-0.39, 0.29) is 0 Å². The molecule has 0 saturated carbocycles. The lowest BCUT2D eigenvalue weighted by molar-refractivity contribution is 0.142. The molecule has 0 aromatic carbocycles.